The molecule has 0 heterocycles. The van der Waals surface area contributed by atoms with Crippen LogP contribution in [0.15, 0.2) is 4.47 Å². The first-order valence-electron chi connectivity index (χ1n) is 5.01. The summed E-state index contributed by atoms with van der Waals surface area (Å²) in [7, 11) is 0. The van der Waals surface area contributed by atoms with Crippen LogP contribution in [-0.2, 0) is 9.53 Å². The van der Waals surface area contributed by atoms with Gasteiger partial charge < -0.3 is 4.74 Å². The molecule has 0 aliphatic heterocycles. The minimum atomic E-state index is -2.12. The van der Waals surface area contributed by atoms with Gasteiger partial charge in [-0.1, -0.05) is 0 Å². The molecule has 1 aromatic carbocycles. The highest BCUT2D eigenvalue weighted by Crippen LogP contribution is 2.29. The number of halogens is 5. The highest BCUT2D eigenvalue weighted by atomic mass is 79.9. The van der Waals surface area contributed by atoms with E-state index in [4.69, 9.17) is 0 Å². The van der Waals surface area contributed by atoms with Crippen molar-refractivity contribution in [2.45, 2.75) is 13.3 Å². The second-order valence-electron chi connectivity index (χ2n) is 3.35. The van der Waals surface area contributed by atoms with E-state index < -0.39 is 51.5 Å². The topological polar surface area (TPSA) is 43.4 Å². The zero-order valence-corrected chi connectivity index (χ0v) is 11.1. The van der Waals surface area contributed by atoms with E-state index in [0.29, 0.717) is 0 Å². The predicted molar refractivity (Wildman–Crippen MR) is 59.6 cm³/mol. The number of benzene rings is 1. The van der Waals surface area contributed by atoms with Crippen molar-refractivity contribution >= 4 is 27.7 Å². The number of ketones is 1. The van der Waals surface area contributed by atoms with Gasteiger partial charge in [0.15, 0.2) is 29.1 Å². The van der Waals surface area contributed by atoms with Gasteiger partial charge >= 0.3 is 5.97 Å². The third-order valence-electron chi connectivity index (χ3n) is 2.10. The Morgan fingerprint density at radius 3 is 2.11 bits per heavy atom. The van der Waals surface area contributed by atoms with E-state index in [0.717, 1.165) is 0 Å². The lowest BCUT2D eigenvalue weighted by Crippen LogP contribution is -2.15. The summed E-state index contributed by atoms with van der Waals surface area (Å²) in [5.74, 6) is -9.97. The number of hydrogen-bond acceptors (Lipinski definition) is 3. The summed E-state index contributed by atoms with van der Waals surface area (Å²) in [4.78, 5) is 22.6. The van der Waals surface area contributed by atoms with Gasteiger partial charge in [-0.05, 0) is 22.9 Å². The molecule has 104 valence electrons. The molecule has 19 heavy (non-hydrogen) atoms. The van der Waals surface area contributed by atoms with E-state index in [1.165, 1.54) is 6.92 Å². The van der Waals surface area contributed by atoms with E-state index >= 15 is 0 Å². The fourth-order valence-corrected chi connectivity index (χ4v) is 1.85. The van der Waals surface area contributed by atoms with Crippen LogP contribution in [-0.4, -0.2) is 18.4 Å². The molecular weight excluding hydrogens is 336 g/mol. The van der Waals surface area contributed by atoms with Gasteiger partial charge in [-0.15, -0.1) is 0 Å². The fourth-order valence-electron chi connectivity index (χ4n) is 1.28. The maximum absolute atomic E-state index is 13.4. The lowest BCUT2D eigenvalue weighted by atomic mass is 10.1. The minimum absolute atomic E-state index is 0.0120. The number of esters is 1. The number of ether oxygens (including phenoxy) is 1. The fraction of sp³-hybridized carbons (Fsp3) is 0.273. The van der Waals surface area contributed by atoms with Crippen molar-refractivity contribution in [1.82, 2.24) is 0 Å². The summed E-state index contributed by atoms with van der Waals surface area (Å²) in [6.45, 7) is 1.47. The van der Waals surface area contributed by atoms with E-state index in [1.54, 1.807) is 0 Å². The van der Waals surface area contributed by atoms with Crippen molar-refractivity contribution in [1.29, 1.82) is 0 Å². The third-order valence-corrected chi connectivity index (χ3v) is 2.84. The van der Waals surface area contributed by atoms with Crippen molar-refractivity contribution < 1.29 is 31.9 Å². The van der Waals surface area contributed by atoms with Gasteiger partial charge in [0, 0.05) is 0 Å². The highest BCUT2D eigenvalue weighted by molar-refractivity contribution is 9.10. The molecule has 0 radical (unpaired) electrons. The van der Waals surface area contributed by atoms with Gasteiger partial charge in [0.25, 0.3) is 0 Å². The second-order valence-corrected chi connectivity index (χ2v) is 4.14. The monoisotopic (exact) mass is 342 g/mol. The lowest BCUT2D eigenvalue weighted by molar-refractivity contribution is -0.141. The molecule has 0 saturated heterocycles. The zero-order valence-electron chi connectivity index (χ0n) is 9.53. The van der Waals surface area contributed by atoms with Gasteiger partial charge in [0.05, 0.1) is 16.6 Å². The summed E-state index contributed by atoms with van der Waals surface area (Å²) in [6.07, 6.45) is -0.909. The molecule has 1 aromatic rings. The molecule has 8 heteroatoms. The molecule has 0 unspecified atom stereocenters. The smallest absolute Gasteiger partial charge is 0.313 e. The molecule has 0 amide bonds. The maximum Gasteiger partial charge on any atom is 0.313 e. The van der Waals surface area contributed by atoms with Crippen LogP contribution in [0.5, 0.6) is 0 Å². The van der Waals surface area contributed by atoms with Crippen LogP contribution >= 0.6 is 15.9 Å². The maximum atomic E-state index is 13.4. The molecule has 0 aliphatic rings. The number of hydrogen-bond donors (Lipinski definition) is 0. The molecule has 3 nitrogen and oxygen atoms in total. The van der Waals surface area contributed by atoms with E-state index in [9.17, 15) is 27.2 Å². The SMILES string of the molecule is CCOC(=O)CC(=O)c1c(F)c(F)c(F)c(F)c1Br. The summed E-state index contributed by atoms with van der Waals surface area (Å²) in [6, 6.07) is 0. The van der Waals surface area contributed by atoms with Crippen LogP contribution in [0.1, 0.15) is 23.7 Å². The Kier molecular flexibility index (Phi) is 5.04. The van der Waals surface area contributed by atoms with Gasteiger partial charge in [0.2, 0.25) is 0 Å². The van der Waals surface area contributed by atoms with Crippen LogP contribution in [0.4, 0.5) is 17.6 Å². The van der Waals surface area contributed by atoms with Gasteiger partial charge in [0.1, 0.15) is 6.42 Å². The quantitative estimate of drug-likeness (QED) is 0.211. The van der Waals surface area contributed by atoms with Crippen LogP contribution in [0.2, 0.25) is 0 Å². The molecule has 0 spiro atoms. The van der Waals surface area contributed by atoms with Crippen molar-refractivity contribution in [3.05, 3.63) is 33.3 Å². The van der Waals surface area contributed by atoms with Crippen molar-refractivity contribution in [3.63, 3.8) is 0 Å². The number of carbonyl (C=O) groups is 2. The van der Waals surface area contributed by atoms with Gasteiger partial charge in [-0.3, -0.25) is 9.59 Å². The molecule has 0 N–H and O–H groups in total. The molecular formula is C11H7BrF4O3. The largest absolute Gasteiger partial charge is 0.466 e. The van der Waals surface area contributed by atoms with Crippen molar-refractivity contribution in [2.75, 3.05) is 6.61 Å². The summed E-state index contributed by atoms with van der Waals surface area (Å²) < 4.78 is 56.0. The molecule has 0 fully saturated rings. The summed E-state index contributed by atoms with van der Waals surface area (Å²) in [5.41, 5.74) is -1.07. The Morgan fingerprint density at radius 1 is 1.05 bits per heavy atom. The highest BCUT2D eigenvalue weighted by Gasteiger charge is 2.29. The Labute approximate surface area is 113 Å². The third kappa shape index (κ3) is 3.12. The molecule has 0 aromatic heterocycles. The van der Waals surface area contributed by atoms with Crippen LogP contribution in [0.25, 0.3) is 0 Å². The van der Waals surface area contributed by atoms with E-state index in [2.05, 4.69) is 20.7 Å². The van der Waals surface area contributed by atoms with Crippen LogP contribution < -0.4 is 0 Å². The average molecular weight is 343 g/mol. The minimum Gasteiger partial charge on any atom is -0.466 e. The number of carbonyl (C=O) groups excluding carboxylic acids is 2. The number of rotatable bonds is 4. The molecule has 0 atom stereocenters. The average Bonchev–Trinajstić information content (AvgIpc) is 2.34. The summed E-state index contributed by atoms with van der Waals surface area (Å²) >= 11 is 2.45. The Bertz CT molecular complexity index is 516. The van der Waals surface area contributed by atoms with Crippen LogP contribution in [0.3, 0.4) is 0 Å². The molecule has 0 bridgehead atoms. The van der Waals surface area contributed by atoms with Crippen molar-refractivity contribution in [3.8, 4) is 0 Å². The first-order valence-corrected chi connectivity index (χ1v) is 5.80. The second kappa shape index (κ2) is 6.14. The van der Waals surface area contributed by atoms with Gasteiger partial charge in [-0.2, -0.15) is 0 Å². The summed E-state index contributed by atoms with van der Waals surface area (Å²) in [5, 5.41) is 0. The first kappa shape index (κ1) is 15.6. The standard InChI is InChI=1S/C11H7BrF4O3/c1-2-19-5(18)3-4(17)6-7(12)9(14)11(16)10(15)8(6)13/h2-3H2,1H3. The normalized spacial score (nSPS) is 10.4. The predicted octanol–water partition coefficient (Wildman–Crippen LogP) is 3.14. The Hall–Kier alpha value is -1.44. The molecule has 1 rings (SSSR count). The van der Waals surface area contributed by atoms with E-state index in [1.807, 2.05) is 0 Å². The number of Topliss-reactive ketones (excluding diaryl/α,β-unsaturated/α-hetero) is 1. The first-order chi connectivity index (χ1) is 8.81. The van der Waals surface area contributed by atoms with E-state index in [-0.39, 0.29) is 6.61 Å². The zero-order chi connectivity index (χ0) is 14.7. The Morgan fingerprint density at radius 2 is 1.58 bits per heavy atom. The lowest BCUT2D eigenvalue weighted by Gasteiger charge is -2.08. The molecule has 0 saturated carbocycles. The van der Waals surface area contributed by atoms with Crippen LogP contribution in [0, 0.1) is 23.3 Å². The molecule has 0 aliphatic carbocycles. The van der Waals surface area contributed by atoms with Crippen molar-refractivity contribution in [2.24, 2.45) is 0 Å². The Balaban J connectivity index is 3.21. The van der Waals surface area contributed by atoms with Gasteiger partial charge in [-0.25, -0.2) is 17.6 Å².